The second kappa shape index (κ2) is 7.98. The number of hydrogen-bond donors (Lipinski definition) is 1. The number of nitrogens with zero attached hydrogens (tertiary/aromatic N) is 2. The molecule has 4 nitrogen and oxygen atoms in total. The van der Waals surface area contributed by atoms with E-state index in [1.54, 1.807) is 41.3 Å². The first-order valence-electron chi connectivity index (χ1n) is 8.90. The monoisotopic (exact) mass is 356 g/mol. The third-order valence-electron chi connectivity index (χ3n) is 5.02. The SMILES string of the molecule is CN(C)C[C@@H]1CN(C(=O)c2ccccc2-c2ccccc2F)C[C@@H]1CO. The first-order chi connectivity index (χ1) is 12.5. The largest absolute Gasteiger partial charge is 0.396 e. The van der Waals surface area contributed by atoms with Crippen LogP contribution >= 0.6 is 0 Å². The fourth-order valence-electron chi connectivity index (χ4n) is 3.74. The maximum absolute atomic E-state index is 14.3. The van der Waals surface area contributed by atoms with E-state index < -0.39 is 0 Å². The molecule has 5 heteroatoms. The molecule has 0 aliphatic carbocycles. The number of carbonyl (C=O) groups excluding carboxylic acids is 1. The Hall–Kier alpha value is -2.24. The molecule has 1 aliphatic heterocycles. The van der Waals surface area contributed by atoms with Crippen LogP contribution in [0.5, 0.6) is 0 Å². The summed E-state index contributed by atoms with van der Waals surface area (Å²) in [4.78, 5) is 17.0. The quantitative estimate of drug-likeness (QED) is 0.896. The molecule has 1 saturated heterocycles. The summed E-state index contributed by atoms with van der Waals surface area (Å²) in [7, 11) is 3.98. The van der Waals surface area contributed by atoms with E-state index in [0.717, 1.165) is 6.54 Å². The number of aliphatic hydroxyl groups is 1. The van der Waals surface area contributed by atoms with Crippen molar-refractivity contribution in [3.8, 4) is 11.1 Å². The van der Waals surface area contributed by atoms with E-state index in [0.29, 0.717) is 29.8 Å². The molecular formula is C21H25FN2O2. The zero-order valence-corrected chi connectivity index (χ0v) is 15.2. The Morgan fingerprint density at radius 1 is 1.08 bits per heavy atom. The van der Waals surface area contributed by atoms with Gasteiger partial charge in [0.25, 0.3) is 5.91 Å². The zero-order chi connectivity index (χ0) is 18.7. The third kappa shape index (κ3) is 3.79. The molecule has 26 heavy (non-hydrogen) atoms. The Morgan fingerprint density at radius 3 is 2.35 bits per heavy atom. The summed E-state index contributed by atoms with van der Waals surface area (Å²) >= 11 is 0. The van der Waals surface area contributed by atoms with Crippen LogP contribution in [0.15, 0.2) is 48.5 Å². The van der Waals surface area contributed by atoms with Crippen molar-refractivity contribution in [3.63, 3.8) is 0 Å². The molecule has 2 aromatic rings. The summed E-state index contributed by atoms with van der Waals surface area (Å²) < 4.78 is 14.3. The van der Waals surface area contributed by atoms with E-state index in [1.807, 2.05) is 20.2 Å². The molecule has 0 bridgehead atoms. The number of aliphatic hydroxyl groups excluding tert-OH is 1. The first kappa shape index (κ1) is 18.5. The molecular weight excluding hydrogens is 331 g/mol. The molecule has 1 N–H and O–H groups in total. The van der Waals surface area contributed by atoms with Crippen LogP contribution in [0.4, 0.5) is 4.39 Å². The lowest BCUT2D eigenvalue weighted by molar-refractivity contribution is 0.0780. The van der Waals surface area contributed by atoms with Crippen molar-refractivity contribution in [1.82, 2.24) is 9.80 Å². The molecule has 3 rings (SSSR count). The molecule has 0 saturated carbocycles. The van der Waals surface area contributed by atoms with Crippen molar-refractivity contribution >= 4 is 5.91 Å². The minimum absolute atomic E-state index is 0.0667. The van der Waals surface area contributed by atoms with Gasteiger partial charge in [0.05, 0.1) is 0 Å². The van der Waals surface area contributed by atoms with Crippen molar-refractivity contribution in [2.45, 2.75) is 0 Å². The fourth-order valence-corrected chi connectivity index (χ4v) is 3.74. The molecule has 2 atom stereocenters. The van der Waals surface area contributed by atoms with Crippen molar-refractivity contribution < 1.29 is 14.3 Å². The van der Waals surface area contributed by atoms with Crippen LogP contribution in [0, 0.1) is 17.7 Å². The number of benzene rings is 2. The lowest BCUT2D eigenvalue weighted by Crippen LogP contribution is -2.31. The van der Waals surface area contributed by atoms with Gasteiger partial charge in [-0.1, -0.05) is 36.4 Å². The number of hydrogen-bond acceptors (Lipinski definition) is 3. The third-order valence-corrected chi connectivity index (χ3v) is 5.02. The highest BCUT2D eigenvalue weighted by Crippen LogP contribution is 2.30. The van der Waals surface area contributed by atoms with Gasteiger partial charge in [-0.25, -0.2) is 4.39 Å². The van der Waals surface area contributed by atoms with Crippen molar-refractivity contribution in [3.05, 3.63) is 59.9 Å². The molecule has 0 aromatic heterocycles. The van der Waals surface area contributed by atoms with Gasteiger partial charge in [0.2, 0.25) is 0 Å². The molecule has 1 amide bonds. The first-order valence-corrected chi connectivity index (χ1v) is 8.90. The zero-order valence-electron chi connectivity index (χ0n) is 15.2. The lowest BCUT2D eigenvalue weighted by Gasteiger charge is -2.20. The minimum Gasteiger partial charge on any atom is -0.396 e. The summed E-state index contributed by atoms with van der Waals surface area (Å²) in [5.74, 6) is -0.141. The van der Waals surface area contributed by atoms with Gasteiger partial charge < -0.3 is 14.9 Å². The van der Waals surface area contributed by atoms with E-state index in [1.165, 1.54) is 6.07 Å². The van der Waals surface area contributed by atoms with Gasteiger partial charge in [-0.3, -0.25) is 4.79 Å². The normalized spacial score (nSPS) is 20.0. The maximum atomic E-state index is 14.3. The molecule has 2 aromatic carbocycles. The predicted octanol–water partition coefficient (Wildman–Crippen LogP) is 2.73. The van der Waals surface area contributed by atoms with Crippen LogP contribution in [0.1, 0.15) is 10.4 Å². The number of carbonyl (C=O) groups is 1. The Kier molecular flexibility index (Phi) is 5.69. The minimum atomic E-state index is -0.340. The van der Waals surface area contributed by atoms with E-state index in [4.69, 9.17) is 0 Å². The highest BCUT2D eigenvalue weighted by molar-refractivity contribution is 6.01. The van der Waals surface area contributed by atoms with Crippen LogP contribution < -0.4 is 0 Å². The number of likely N-dealkylation sites (tertiary alicyclic amines) is 1. The Bertz CT molecular complexity index is 778. The number of rotatable bonds is 5. The number of halogens is 1. The van der Waals surface area contributed by atoms with Crippen LogP contribution in [-0.2, 0) is 0 Å². The Morgan fingerprint density at radius 2 is 1.69 bits per heavy atom. The van der Waals surface area contributed by atoms with E-state index in [-0.39, 0.29) is 30.2 Å². The maximum Gasteiger partial charge on any atom is 0.254 e. The van der Waals surface area contributed by atoms with Gasteiger partial charge >= 0.3 is 0 Å². The van der Waals surface area contributed by atoms with E-state index in [2.05, 4.69) is 4.90 Å². The highest BCUT2D eigenvalue weighted by atomic mass is 19.1. The van der Waals surface area contributed by atoms with Gasteiger partial charge in [0.15, 0.2) is 0 Å². The average molecular weight is 356 g/mol. The summed E-state index contributed by atoms with van der Waals surface area (Å²) in [6.45, 7) is 2.02. The van der Waals surface area contributed by atoms with E-state index in [9.17, 15) is 14.3 Å². The van der Waals surface area contributed by atoms with Crippen molar-refractivity contribution in [1.29, 1.82) is 0 Å². The second-order valence-electron chi connectivity index (χ2n) is 7.20. The van der Waals surface area contributed by atoms with Crippen molar-refractivity contribution in [2.24, 2.45) is 11.8 Å². The van der Waals surface area contributed by atoms with Gasteiger partial charge in [-0.15, -0.1) is 0 Å². The predicted molar refractivity (Wildman–Crippen MR) is 100 cm³/mol. The molecule has 1 aliphatic rings. The standard InChI is InChI=1S/C21H25FN2O2/c1-23(2)11-15-12-24(13-16(15)14-25)21(26)19-9-4-3-7-17(19)18-8-5-6-10-20(18)22/h3-10,15-16,25H,11-14H2,1-2H3/t15-,16-/m1/s1. The molecule has 0 unspecified atom stereocenters. The molecule has 0 radical (unpaired) electrons. The summed E-state index contributed by atoms with van der Waals surface area (Å²) in [6.07, 6.45) is 0. The number of amides is 1. The topological polar surface area (TPSA) is 43.8 Å². The molecule has 0 spiro atoms. The smallest absolute Gasteiger partial charge is 0.254 e. The second-order valence-corrected chi connectivity index (χ2v) is 7.20. The summed E-state index contributed by atoms with van der Waals surface area (Å²) in [6, 6.07) is 13.6. The Balaban J connectivity index is 1.89. The molecule has 1 heterocycles. The van der Waals surface area contributed by atoms with Crippen LogP contribution in [-0.4, -0.2) is 61.2 Å². The lowest BCUT2D eigenvalue weighted by atomic mass is 9.97. The summed E-state index contributed by atoms with van der Waals surface area (Å²) in [5.41, 5.74) is 1.53. The molecule has 138 valence electrons. The highest BCUT2D eigenvalue weighted by Gasteiger charge is 2.35. The van der Waals surface area contributed by atoms with Crippen molar-refractivity contribution in [2.75, 3.05) is 40.3 Å². The van der Waals surface area contributed by atoms with Crippen LogP contribution in [0.25, 0.3) is 11.1 Å². The molecule has 1 fully saturated rings. The van der Waals surface area contributed by atoms with Gasteiger partial charge in [0, 0.05) is 43.3 Å². The van der Waals surface area contributed by atoms with Crippen LogP contribution in [0.3, 0.4) is 0 Å². The summed E-state index contributed by atoms with van der Waals surface area (Å²) in [5, 5.41) is 9.68. The average Bonchev–Trinajstić information content (AvgIpc) is 3.03. The van der Waals surface area contributed by atoms with Gasteiger partial charge in [0.1, 0.15) is 5.82 Å². The fraction of sp³-hybridized carbons (Fsp3) is 0.381. The van der Waals surface area contributed by atoms with Gasteiger partial charge in [-0.05, 0) is 37.7 Å². The van der Waals surface area contributed by atoms with Crippen LogP contribution in [0.2, 0.25) is 0 Å². The van der Waals surface area contributed by atoms with E-state index >= 15 is 0 Å². The Labute approximate surface area is 153 Å². The van der Waals surface area contributed by atoms with Gasteiger partial charge in [-0.2, -0.15) is 0 Å².